The number of piperazine rings is 1. The number of carbonyl (C=O) groups is 2. The summed E-state index contributed by atoms with van der Waals surface area (Å²) in [7, 11) is 0. The van der Waals surface area contributed by atoms with Gasteiger partial charge in [-0.1, -0.05) is 18.2 Å². The Balaban J connectivity index is 1.20. The number of fused-ring (bicyclic) bond motifs is 1. The summed E-state index contributed by atoms with van der Waals surface area (Å²) >= 11 is 0. The second kappa shape index (κ2) is 14.6. The van der Waals surface area contributed by atoms with Gasteiger partial charge in [0.15, 0.2) is 5.65 Å². The van der Waals surface area contributed by atoms with Gasteiger partial charge >= 0.3 is 6.09 Å². The van der Waals surface area contributed by atoms with Crippen molar-refractivity contribution in [3.8, 4) is 28.8 Å². The van der Waals surface area contributed by atoms with Crippen LogP contribution in [0, 0.1) is 17.1 Å². The van der Waals surface area contributed by atoms with Crippen molar-refractivity contribution in [1.82, 2.24) is 34.4 Å². The molecule has 4 aromatic rings. The Bertz CT molecular complexity index is 2030. The number of para-hydroxylation sites is 1. The number of hydrogen-bond acceptors (Lipinski definition) is 10. The molecule has 2 aliphatic rings. The van der Waals surface area contributed by atoms with E-state index in [9.17, 15) is 14.9 Å². The van der Waals surface area contributed by atoms with E-state index >= 15 is 4.39 Å². The van der Waals surface area contributed by atoms with Gasteiger partial charge in [0, 0.05) is 56.4 Å². The highest BCUT2D eigenvalue weighted by atomic mass is 19.1. The third-order valence-corrected chi connectivity index (χ3v) is 9.32. The molecule has 2 amide bonds. The lowest BCUT2D eigenvalue weighted by Crippen LogP contribution is -2.56. The Kier molecular flexibility index (Phi) is 10.2. The van der Waals surface area contributed by atoms with E-state index in [-0.39, 0.29) is 47.2 Å². The monoisotopic (exact) mass is 709 g/mol. The minimum absolute atomic E-state index is 0.0395. The van der Waals surface area contributed by atoms with Crippen LogP contribution < -0.4 is 10.5 Å². The van der Waals surface area contributed by atoms with Gasteiger partial charge in [0.25, 0.3) is 5.91 Å². The van der Waals surface area contributed by atoms with Crippen molar-refractivity contribution in [2.24, 2.45) is 0 Å². The molecule has 13 nitrogen and oxygen atoms in total. The first-order chi connectivity index (χ1) is 24.7. The summed E-state index contributed by atoms with van der Waals surface area (Å²) in [6.07, 6.45) is 4.03. The molecule has 272 valence electrons. The van der Waals surface area contributed by atoms with Crippen LogP contribution in [-0.4, -0.2) is 96.9 Å². The van der Waals surface area contributed by atoms with E-state index in [1.807, 2.05) is 52.8 Å². The maximum absolute atomic E-state index is 15.7. The third-order valence-electron chi connectivity index (χ3n) is 9.32. The zero-order valence-electron chi connectivity index (χ0n) is 30.2. The third kappa shape index (κ3) is 7.84. The van der Waals surface area contributed by atoms with Crippen LogP contribution in [0.2, 0.25) is 0 Å². The molecule has 0 radical (unpaired) electrons. The van der Waals surface area contributed by atoms with Crippen LogP contribution >= 0.6 is 0 Å². The van der Waals surface area contributed by atoms with Crippen LogP contribution in [0.3, 0.4) is 0 Å². The minimum Gasteiger partial charge on any atom is -0.457 e. The highest BCUT2D eigenvalue weighted by Crippen LogP contribution is 2.36. The summed E-state index contributed by atoms with van der Waals surface area (Å²) in [6.45, 7) is 12.2. The predicted molar refractivity (Wildman–Crippen MR) is 194 cm³/mol. The summed E-state index contributed by atoms with van der Waals surface area (Å²) in [6, 6.07) is 15.5. The highest BCUT2D eigenvalue weighted by molar-refractivity contribution is 5.99. The number of halogens is 1. The number of nitriles is 1. The molecular weight excluding hydrogens is 665 g/mol. The second-order valence-corrected chi connectivity index (χ2v) is 14.6. The van der Waals surface area contributed by atoms with E-state index < -0.39 is 17.0 Å². The normalized spacial score (nSPS) is 17.6. The molecule has 0 bridgehead atoms. The number of hydrogen-bond donors (Lipinski definition) is 1. The molecule has 14 heteroatoms. The first-order valence-electron chi connectivity index (χ1n) is 17.4. The standard InChI is InChI=1S/C38H44FN9O4/c1-37(2,3)52-36(50)45-16-18-47(19-17-45)38(4,5)21-25(22-40)35(49)46-15-9-10-26(23-46)48-34-31(33(41)42-24-43-34)32(44-48)29-14-13-28(20-30(29)39)51-27-11-7-6-8-12-27/h6-8,11-14,20-21,24,26H,9-10,15-19,23H2,1-5H3,(H2,41,42,43). The molecule has 2 aromatic heterocycles. The van der Waals surface area contributed by atoms with Gasteiger partial charge in [0.05, 0.1) is 11.4 Å². The van der Waals surface area contributed by atoms with Crippen LogP contribution in [0.25, 0.3) is 22.3 Å². The molecule has 52 heavy (non-hydrogen) atoms. The number of nitrogens with two attached hydrogens (primary N) is 1. The predicted octanol–water partition coefficient (Wildman–Crippen LogP) is 5.95. The zero-order chi connectivity index (χ0) is 37.2. The van der Waals surface area contributed by atoms with Crippen LogP contribution in [0.15, 0.2) is 66.5 Å². The summed E-state index contributed by atoms with van der Waals surface area (Å²) in [5.41, 5.74) is 6.07. The molecule has 0 spiro atoms. The topological polar surface area (TPSA) is 156 Å². The van der Waals surface area contributed by atoms with E-state index in [1.54, 1.807) is 44.8 Å². The molecule has 2 aromatic carbocycles. The molecule has 2 saturated heterocycles. The number of aromatic nitrogens is 4. The molecule has 2 N–H and O–H groups in total. The van der Waals surface area contributed by atoms with Gasteiger partial charge in [-0.2, -0.15) is 10.4 Å². The van der Waals surface area contributed by atoms with Crippen molar-refractivity contribution >= 4 is 28.9 Å². The number of likely N-dealkylation sites (tertiary alicyclic amines) is 1. The lowest BCUT2D eigenvalue weighted by Gasteiger charge is -2.43. The van der Waals surface area contributed by atoms with Crippen molar-refractivity contribution in [2.45, 2.75) is 64.6 Å². The average molecular weight is 710 g/mol. The quantitative estimate of drug-likeness (QED) is 0.180. The Hall–Kier alpha value is -5.55. The largest absolute Gasteiger partial charge is 0.457 e. The number of benzene rings is 2. The molecule has 1 unspecified atom stereocenters. The van der Waals surface area contributed by atoms with E-state index in [4.69, 9.17) is 20.3 Å². The van der Waals surface area contributed by atoms with Gasteiger partial charge < -0.3 is 25.0 Å². The van der Waals surface area contributed by atoms with Gasteiger partial charge in [-0.15, -0.1) is 0 Å². The van der Waals surface area contributed by atoms with E-state index in [0.29, 0.717) is 68.1 Å². The Morgan fingerprint density at radius 1 is 0.981 bits per heavy atom. The lowest BCUT2D eigenvalue weighted by atomic mass is 9.96. The first-order valence-corrected chi connectivity index (χ1v) is 17.4. The summed E-state index contributed by atoms with van der Waals surface area (Å²) in [4.78, 5) is 40.6. The SMILES string of the molecule is CC(C)(C)OC(=O)N1CCN(C(C)(C)C=C(C#N)C(=O)N2CCCC(n3nc(-c4ccc(Oc5ccccc5)cc4F)c4c(N)ncnc43)C2)CC1. The fourth-order valence-electron chi connectivity index (χ4n) is 6.70. The molecule has 0 saturated carbocycles. The molecule has 4 heterocycles. The van der Waals surface area contributed by atoms with Crippen LogP contribution in [-0.2, 0) is 9.53 Å². The number of carbonyl (C=O) groups excluding carboxylic acids is 2. The van der Waals surface area contributed by atoms with Gasteiger partial charge in [-0.3, -0.25) is 9.69 Å². The molecule has 2 fully saturated rings. The van der Waals surface area contributed by atoms with Gasteiger partial charge in [-0.05, 0) is 77.8 Å². The summed E-state index contributed by atoms with van der Waals surface area (Å²) in [5, 5.41) is 15.4. The van der Waals surface area contributed by atoms with Crippen molar-refractivity contribution in [3.63, 3.8) is 0 Å². The van der Waals surface area contributed by atoms with Crippen LogP contribution in [0.5, 0.6) is 11.5 Å². The Morgan fingerprint density at radius 3 is 2.38 bits per heavy atom. The first kappa shape index (κ1) is 36.2. The molecule has 2 aliphatic heterocycles. The van der Waals surface area contributed by atoms with Gasteiger partial charge in [0.1, 0.15) is 52.4 Å². The van der Waals surface area contributed by atoms with Crippen LogP contribution in [0.4, 0.5) is 15.0 Å². The number of anilines is 1. The maximum atomic E-state index is 15.7. The smallest absolute Gasteiger partial charge is 0.410 e. The molecule has 0 aliphatic carbocycles. The molecular formula is C38H44FN9O4. The molecule has 1 atom stereocenters. The van der Waals surface area contributed by atoms with E-state index in [2.05, 4.69) is 20.9 Å². The summed E-state index contributed by atoms with van der Waals surface area (Å²) in [5.74, 6) is 0.131. The van der Waals surface area contributed by atoms with Crippen molar-refractivity contribution in [3.05, 3.63) is 72.3 Å². The Morgan fingerprint density at radius 2 is 1.71 bits per heavy atom. The van der Waals surface area contributed by atoms with E-state index in [1.165, 1.54) is 12.4 Å². The molecule has 6 rings (SSSR count). The second-order valence-electron chi connectivity index (χ2n) is 14.6. The summed E-state index contributed by atoms with van der Waals surface area (Å²) < 4.78 is 28.7. The van der Waals surface area contributed by atoms with Crippen LogP contribution in [0.1, 0.15) is 53.5 Å². The zero-order valence-corrected chi connectivity index (χ0v) is 30.2. The lowest BCUT2D eigenvalue weighted by molar-refractivity contribution is -0.128. The number of rotatable bonds is 7. The number of ether oxygens (including phenoxy) is 2. The number of amides is 2. The number of piperidine rings is 1. The number of nitrogen functional groups attached to an aromatic ring is 1. The number of nitrogens with zero attached hydrogens (tertiary/aromatic N) is 8. The van der Waals surface area contributed by atoms with Crippen molar-refractivity contribution in [1.29, 1.82) is 5.26 Å². The highest BCUT2D eigenvalue weighted by Gasteiger charge is 2.35. The fraction of sp³-hybridized carbons (Fsp3) is 0.421. The minimum atomic E-state index is -0.636. The maximum Gasteiger partial charge on any atom is 0.410 e. The van der Waals surface area contributed by atoms with Crippen molar-refractivity contribution in [2.75, 3.05) is 45.0 Å². The average Bonchev–Trinajstić information content (AvgIpc) is 3.51. The van der Waals surface area contributed by atoms with Gasteiger partial charge in [-0.25, -0.2) is 23.8 Å². The Labute approximate surface area is 302 Å². The van der Waals surface area contributed by atoms with E-state index in [0.717, 1.165) is 0 Å². The van der Waals surface area contributed by atoms with Crippen molar-refractivity contribution < 1.29 is 23.5 Å². The van der Waals surface area contributed by atoms with Gasteiger partial charge in [0.2, 0.25) is 0 Å². The fourth-order valence-corrected chi connectivity index (χ4v) is 6.70.